The monoisotopic (exact) mass is 830 g/mol. The van der Waals surface area contributed by atoms with E-state index in [1.54, 1.807) is 0 Å². The molecule has 6 heteroatoms. The van der Waals surface area contributed by atoms with Crippen molar-refractivity contribution < 1.29 is 25.2 Å². The zero-order valence-electron chi connectivity index (χ0n) is 39.0. The molecule has 0 saturated carbocycles. The van der Waals surface area contributed by atoms with E-state index in [4.69, 9.17) is 0 Å². The number of hydrogen-bond donors (Lipinski definition) is 5. The molecule has 0 heterocycles. The van der Waals surface area contributed by atoms with Crippen LogP contribution in [0.5, 0.6) is 0 Å². The van der Waals surface area contributed by atoms with E-state index in [-0.39, 0.29) is 0 Å². The van der Waals surface area contributed by atoms with Crippen LogP contribution in [0.3, 0.4) is 0 Å². The Morgan fingerprint density at radius 2 is 0.712 bits per heavy atom. The second-order valence-corrected chi connectivity index (χ2v) is 17.5. The second kappa shape index (κ2) is 47.3. The maximum atomic E-state index is 12.6. The van der Waals surface area contributed by atoms with Crippen LogP contribution < -0.4 is 5.32 Å². The molecule has 6 nitrogen and oxygen atoms in total. The van der Waals surface area contributed by atoms with Crippen LogP contribution in [0.1, 0.15) is 251 Å². The van der Waals surface area contributed by atoms with Crippen LogP contribution in [-0.2, 0) is 4.79 Å². The Hall–Kier alpha value is -1.73. The van der Waals surface area contributed by atoms with Gasteiger partial charge in [-0.1, -0.05) is 210 Å². The van der Waals surface area contributed by atoms with Crippen molar-refractivity contribution in [2.75, 3.05) is 6.61 Å². The van der Waals surface area contributed by atoms with E-state index in [0.717, 1.165) is 64.2 Å². The zero-order chi connectivity index (χ0) is 43.1. The Balaban J connectivity index is 3.77. The molecule has 5 N–H and O–H groups in total. The van der Waals surface area contributed by atoms with Gasteiger partial charge in [-0.05, 0) is 89.9 Å². The van der Waals surface area contributed by atoms with Crippen LogP contribution in [0.25, 0.3) is 0 Å². The highest BCUT2D eigenvalue weighted by Gasteiger charge is 2.28. The van der Waals surface area contributed by atoms with Crippen molar-refractivity contribution in [1.82, 2.24) is 5.32 Å². The molecule has 0 fully saturated rings. The molecule has 59 heavy (non-hydrogen) atoms. The second-order valence-electron chi connectivity index (χ2n) is 17.5. The van der Waals surface area contributed by atoms with Crippen LogP contribution in [-0.4, -0.2) is 57.3 Å². The molecule has 0 rings (SSSR count). The average Bonchev–Trinajstić information content (AvgIpc) is 3.24. The maximum Gasteiger partial charge on any atom is 0.249 e. The van der Waals surface area contributed by atoms with Gasteiger partial charge in [-0.25, -0.2) is 0 Å². The van der Waals surface area contributed by atoms with Gasteiger partial charge in [-0.15, -0.1) is 0 Å². The van der Waals surface area contributed by atoms with Crippen LogP contribution in [0.2, 0.25) is 0 Å². The molecule has 0 aliphatic carbocycles. The summed E-state index contributed by atoms with van der Waals surface area (Å²) >= 11 is 0. The Bertz CT molecular complexity index is 977. The van der Waals surface area contributed by atoms with Crippen LogP contribution in [0, 0.1) is 0 Å². The molecule has 0 spiro atoms. The first-order valence-electron chi connectivity index (χ1n) is 25.5. The molecule has 346 valence electrons. The van der Waals surface area contributed by atoms with Gasteiger partial charge in [0.2, 0.25) is 5.91 Å². The van der Waals surface area contributed by atoms with E-state index in [9.17, 15) is 25.2 Å². The fourth-order valence-electron chi connectivity index (χ4n) is 7.67. The smallest absolute Gasteiger partial charge is 0.249 e. The van der Waals surface area contributed by atoms with Crippen molar-refractivity contribution in [3.05, 3.63) is 48.6 Å². The fourth-order valence-corrected chi connectivity index (χ4v) is 7.67. The molecule has 0 aromatic carbocycles. The van der Waals surface area contributed by atoms with E-state index in [2.05, 4.69) is 67.8 Å². The van der Waals surface area contributed by atoms with Crippen molar-refractivity contribution in [1.29, 1.82) is 0 Å². The topological polar surface area (TPSA) is 110 Å². The average molecular weight is 830 g/mol. The van der Waals surface area contributed by atoms with Gasteiger partial charge in [0.1, 0.15) is 12.2 Å². The third kappa shape index (κ3) is 41.4. The largest absolute Gasteiger partial charge is 0.394 e. The van der Waals surface area contributed by atoms with E-state index >= 15 is 0 Å². The summed E-state index contributed by atoms with van der Waals surface area (Å²) in [5, 5.41) is 43.8. The van der Waals surface area contributed by atoms with Crippen molar-refractivity contribution in [3.8, 4) is 0 Å². The van der Waals surface area contributed by atoms with E-state index < -0.39 is 36.9 Å². The standard InChI is InChI=1S/C53H99NO5/c1-3-5-7-9-11-13-15-17-19-21-23-25-27-29-31-33-35-37-39-41-43-45-47-51(57)53(59)54-49(48-55)52(58)50(56)46-44-42-40-38-36-34-32-30-28-26-24-22-20-18-16-14-12-10-8-6-4-2/h22,24,29-32,38,40,49-52,55-58H,3-21,23,25-28,33-37,39,41-48H2,1-2H3,(H,54,59)/b24-22+,31-29-,32-30+,40-38+. The van der Waals surface area contributed by atoms with E-state index in [1.807, 2.05) is 0 Å². The minimum atomic E-state index is -1.30. The minimum Gasteiger partial charge on any atom is -0.394 e. The SMILES string of the molecule is CCCCCCCCCC/C=C/CC/C=C/CC/C=C/CCCC(O)C(O)C(CO)NC(=O)C(O)CCCCCCCC/C=C\CCCCCCCCCCCCCC. The number of carbonyl (C=O) groups excluding carboxylic acids is 1. The first-order chi connectivity index (χ1) is 29.0. The van der Waals surface area contributed by atoms with Gasteiger partial charge in [0.25, 0.3) is 0 Å². The lowest BCUT2D eigenvalue weighted by Gasteiger charge is -2.27. The molecular formula is C53H99NO5. The van der Waals surface area contributed by atoms with Gasteiger partial charge in [-0.2, -0.15) is 0 Å². The molecule has 1 amide bonds. The van der Waals surface area contributed by atoms with E-state index in [0.29, 0.717) is 19.3 Å². The third-order valence-electron chi connectivity index (χ3n) is 11.7. The number of nitrogens with one attached hydrogen (secondary N) is 1. The van der Waals surface area contributed by atoms with Crippen molar-refractivity contribution in [2.45, 2.75) is 276 Å². The van der Waals surface area contributed by atoms with Gasteiger partial charge < -0.3 is 25.7 Å². The first kappa shape index (κ1) is 57.3. The number of aliphatic hydroxyl groups excluding tert-OH is 4. The molecule has 0 aromatic heterocycles. The molecule has 0 bridgehead atoms. The zero-order valence-corrected chi connectivity index (χ0v) is 39.0. The molecule has 0 aromatic rings. The molecule has 4 unspecified atom stereocenters. The number of unbranched alkanes of at least 4 members (excludes halogenated alkanes) is 29. The predicted molar refractivity (Wildman–Crippen MR) is 256 cm³/mol. The Kier molecular flexibility index (Phi) is 45.9. The highest BCUT2D eigenvalue weighted by Crippen LogP contribution is 2.15. The van der Waals surface area contributed by atoms with Crippen molar-refractivity contribution >= 4 is 5.91 Å². The molecule has 0 aliphatic heterocycles. The maximum absolute atomic E-state index is 12.6. The number of aliphatic hydroxyl groups is 4. The van der Waals surface area contributed by atoms with E-state index in [1.165, 1.54) is 154 Å². The summed E-state index contributed by atoms with van der Waals surface area (Å²) in [6.45, 7) is 4.05. The van der Waals surface area contributed by atoms with Crippen molar-refractivity contribution in [2.24, 2.45) is 0 Å². The number of carbonyl (C=O) groups is 1. The summed E-state index contributed by atoms with van der Waals surface area (Å²) < 4.78 is 0. The Morgan fingerprint density at radius 1 is 0.407 bits per heavy atom. The highest BCUT2D eigenvalue weighted by molar-refractivity contribution is 5.80. The van der Waals surface area contributed by atoms with Gasteiger partial charge >= 0.3 is 0 Å². The fraction of sp³-hybridized carbons (Fsp3) is 0.830. The number of amides is 1. The molecular weight excluding hydrogens is 731 g/mol. The van der Waals surface area contributed by atoms with Crippen molar-refractivity contribution in [3.63, 3.8) is 0 Å². The van der Waals surface area contributed by atoms with Gasteiger partial charge in [0.15, 0.2) is 0 Å². The molecule has 4 atom stereocenters. The third-order valence-corrected chi connectivity index (χ3v) is 11.7. The highest BCUT2D eigenvalue weighted by atomic mass is 16.3. The first-order valence-corrected chi connectivity index (χ1v) is 25.5. The minimum absolute atomic E-state index is 0.351. The summed E-state index contributed by atoms with van der Waals surface area (Å²) in [5.74, 6) is -0.604. The van der Waals surface area contributed by atoms with Gasteiger partial charge in [0.05, 0.1) is 18.8 Å². The van der Waals surface area contributed by atoms with Crippen LogP contribution >= 0.6 is 0 Å². The van der Waals surface area contributed by atoms with Gasteiger partial charge in [-0.3, -0.25) is 4.79 Å². The lowest BCUT2D eigenvalue weighted by molar-refractivity contribution is -0.132. The number of allylic oxidation sites excluding steroid dienone is 8. The lowest BCUT2D eigenvalue weighted by Crippen LogP contribution is -2.53. The number of hydrogen-bond acceptors (Lipinski definition) is 5. The molecule has 0 saturated heterocycles. The van der Waals surface area contributed by atoms with Gasteiger partial charge in [0, 0.05) is 0 Å². The number of rotatable bonds is 46. The van der Waals surface area contributed by atoms with Crippen LogP contribution in [0.15, 0.2) is 48.6 Å². The molecule has 0 aliphatic rings. The summed E-state index contributed by atoms with van der Waals surface area (Å²) in [4.78, 5) is 12.6. The quantitative estimate of drug-likeness (QED) is 0.0310. The Morgan fingerprint density at radius 3 is 1.07 bits per heavy atom. The summed E-state index contributed by atoms with van der Waals surface area (Å²) in [7, 11) is 0. The summed E-state index contributed by atoms with van der Waals surface area (Å²) in [6, 6.07) is -1.02. The molecule has 0 radical (unpaired) electrons. The van der Waals surface area contributed by atoms with Crippen LogP contribution in [0.4, 0.5) is 0 Å². The lowest BCUT2D eigenvalue weighted by atomic mass is 10.00. The Labute approximate surface area is 366 Å². The summed E-state index contributed by atoms with van der Waals surface area (Å²) in [5.41, 5.74) is 0. The summed E-state index contributed by atoms with van der Waals surface area (Å²) in [6.07, 6.45) is 58.7. The normalized spacial score (nSPS) is 14.3. The predicted octanol–water partition coefficient (Wildman–Crippen LogP) is 14.2.